The van der Waals surface area contributed by atoms with Crippen molar-refractivity contribution in [3.8, 4) is 0 Å². The summed E-state index contributed by atoms with van der Waals surface area (Å²) in [7, 11) is -6.45. The Balaban J connectivity index is 3.04. The van der Waals surface area contributed by atoms with Gasteiger partial charge in [0.2, 0.25) is 10.0 Å². The second kappa shape index (κ2) is 8.65. The van der Waals surface area contributed by atoms with E-state index in [9.17, 15) is 16.8 Å². The van der Waals surface area contributed by atoms with E-state index in [0.717, 1.165) is 0 Å². The highest BCUT2D eigenvalue weighted by atomic mass is 32.2. The normalized spacial score (nSPS) is 22.0. The van der Waals surface area contributed by atoms with Gasteiger partial charge in [-0.15, -0.1) is 0 Å². The monoisotopic (exact) mass is 426 g/mol. The third-order valence-corrected chi connectivity index (χ3v) is 8.18. The molecular weight excluding hydrogens is 388 g/mol. The molecule has 2 atom stereocenters. The molecule has 0 aliphatic carbocycles. The van der Waals surface area contributed by atoms with Gasteiger partial charge >= 0.3 is 0 Å². The van der Waals surface area contributed by atoms with E-state index < -0.39 is 25.4 Å². The Morgan fingerprint density at radius 1 is 1.07 bits per heavy atom. The molecule has 1 heterocycles. The molecule has 27 heavy (non-hydrogen) atoms. The van der Waals surface area contributed by atoms with E-state index in [1.165, 1.54) is 10.6 Å². The quantitative estimate of drug-likeness (QED) is 0.615. The van der Waals surface area contributed by atoms with Gasteiger partial charge in [-0.05, 0) is 33.1 Å². The van der Waals surface area contributed by atoms with Crippen LogP contribution in [0.5, 0.6) is 0 Å². The summed E-state index contributed by atoms with van der Waals surface area (Å²) in [5, 5.41) is 0. The van der Waals surface area contributed by atoms with Crippen LogP contribution < -0.4 is 0 Å². The number of hydrogen-bond acceptors (Lipinski definition) is 6. The second-order valence-corrected chi connectivity index (χ2v) is 13.8. The lowest BCUT2D eigenvalue weighted by Gasteiger charge is -2.42. The smallest absolute Gasteiger partial charge is 0.212 e. The SMILES string of the molecule is CC(OCC(CN1CCS(=O)(=O)CC1)N(C(C)(C)C)S(C)(=O)=O)C(C)(C)C. The number of sulfone groups is 1. The number of hydrogen-bond donors (Lipinski definition) is 0. The van der Waals surface area contributed by atoms with Crippen LogP contribution in [0.4, 0.5) is 0 Å². The Labute approximate surface area is 166 Å². The average molecular weight is 427 g/mol. The van der Waals surface area contributed by atoms with Crippen LogP contribution in [0.1, 0.15) is 48.5 Å². The first kappa shape index (κ1) is 24.8. The summed E-state index contributed by atoms with van der Waals surface area (Å²) in [6.07, 6.45) is 1.18. The van der Waals surface area contributed by atoms with E-state index in [4.69, 9.17) is 4.74 Å². The van der Waals surface area contributed by atoms with Crippen molar-refractivity contribution in [2.75, 3.05) is 44.0 Å². The fourth-order valence-corrected chi connectivity index (χ4v) is 6.19. The van der Waals surface area contributed by atoms with Gasteiger partial charge in [0, 0.05) is 25.2 Å². The Bertz CT molecular complexity index is 676. The molecule has 2 unspecified atom stereocenters. The molecule has 0 aromatic rings. The lowest BCUT2D eigenvalue weighted by molar-refractivity contribution is -0.0360. The molecule has 0 radical (unpaired) electrons. The fraction of sp³-hybridized carbons (Fsp3) is 1.00. The largest absolute Gasteiger partial charge is 0.376 e. The van der Waals surface area contributed by atoms with Gasteiger partial charge in [0.05, 0.1) is 36.5 Å². The Hall–Kier alpha value is -0.220. The van der Waals surface area contributed by atoms with E-state index >= 15 is 0 Å². The van der Waals surface area contributed by atoms with Gasteiger partial charge in [0.1, 0.15) is 0 Å². The molecule has 0 spiro atoms. The lowest BCUT2D eigenvalue weighted by atomic mass is 9.90. The van der Waals surface area contributed by atoms with Crippen molar-refractivity contribution < 1.29 is 21.6 Å². The highest BCUT2D eigenvalue weighted by Crippen LogP contribution is 2.26. The van der Waals surface area contributed by atoms with E-state index in [-0.39, 0.29) is 35.7 Å². The van der Waals surface area contributed by atoms with Gasteiger partial charge in [-0.3, -0.25) is 4.90 Å². The van der Waals surface area contributed by atoms with Crippen molar-refractivity contribution in [3.05, 3.63) is 0 Å². The molecule has 1 fully saturated rings. The predicted octanol–water partition coefficient (Wildman–Crippen LogP) is 1.60. The van der Waals surface area contributed by atoms with Crippen molar-refractivity contribution >= 4 is 19.9 Å². The molecule has 1 aliphatic rings. The van der Waals surface area contributed by atoms with Gasteiger partial charge in [-0.25, -0.2) is 16.8 Å². The summed E-state index contributed by atoms with van der Waals surface area (Å²) in [5.41, 5.74) is -0.657. The molecule has 0 amide bonds. The molecule has 7 nitrogen and oxygen atoms in total. The topological polar surface area (TPSA) is 84.0 Å². The van der Waals surface area contributed by atoms with Crippen molar-refractivity contribution in [1.29, 1.82) is 0 Å². The maximum Gasteiger partial charge on any atom is 0.212 e. The summed E-state index contributed by atoms with van der Waals surface area (Å²) in [5.74, 6) is 0.237. The molecule has 0 N–H and O–H groups in total. The number of nitrogens with zero attached hydrogens (tertiary/aromatic N) is 2. The first-order chi connectivity index (χ1) is 11.9. The van der Waals surface area contributed by atoms with Gasteiger partial charge in [0.15, 0.2) is 9.84 Å². The third kappa shape index (κ3) is 7.97. The zero-order valence-corrected chi connectivity index (χ0v) is 19.8. The number of sulfonamides is 1. The van der Waals surface area contributed by atoms with Crippen molar-refractivity contribution in [3.63, 3.8) is 0 Å². The van der Waals surface area contributed by atoms with Crippen LogP contribution in [0.3, 0.4) is 0 Å². The number of ether oxygens (including phenoxy) is 1. The van der Waals surface area contributed by atoms with Crippen LogP contribution in [0.2, 0.25) is 0 Å². The minimum atomic E-state index is -3.47. The minimum Gasteiger partial charge on any atom is -0.376 e. The Morgan fingerprint density at radius 2 is 1.56 bits per heavy atom. The standard InChI is InChI=1S/C18H38N2O5S2/c1-15(17(2,3)4)25-14-16(20(18(5,6)7)26(8,21)22)13-19-9-11-27(23,24)12-10-19/h15-16H,9-14H2,1-8H3. The van der Waals surface area contributed by atoms with Crippen LogP contribution in [-0.2, 0) is 24.6 Å². The maximum atomic E-state index is 12.6. The molecule has 1 aliphatic heterocycles. The highest BCUT2D eigenvalue weighted by Gasteiger charge is 2.38. The molecule has 1 rings (SSSR count). The Kier molecular flexibility index (Phi) is 7.95. The molecule has 0 aromatic carbocycles. The lowest BCUT2D eigenvalue weighted by Crippen LogP contribution is -2.58. The van der Waals surface area contributed by atoms with Crippen LogP contribution in [0, 0.1) is 5.41 Å². The summed E-state index contributed by atoms with van der Waals surface area (Å²) in [6.45, 7) is 15.4. The molecule has 9 heteroatoms. The van der Waals surface area contributed by atoms with Crippen LogP contribution >= 0.6 is 0 Å². The second-order valence-electron chi connectivity index (χ2n) is 9.68. The average Bonchev–Trinajstić information content (AvgIpc) is 2.42. The molecular formula is C18H38N2O5S2. The van der Waals surface area contributed by atoms with E-state index in [0.29, 0.717) is 19.6 Å². The summed E-state index contributed by atoms with van der Waals surface area (Å²) in [6, 6.07) is -0.384. The van der Waals surface area contributed by atoms with E-state index in [2.05, 4.69) is 20.8 Å². The minimum absolute atomic E-state index is 0.0388. The maximum absolute atomic E-state index is 12.6. The summed E-state index contributed by atoms with van der Waals surface area (Å²) in [4.78, 5) is 2.03. The van der Waals surface area contributed by atoms with Crippen molar-refractivity contribution in [2.24, 2.45) is 5.41 Å². The van der Waals surface area contributed by atoms with Crippen molar-refractivity contribution in [1.82, 2.24) is 9.21 Å². The van der Waals surface area contributed by atoms with Gasteiger partial charge < -0.3 is 4.74 Å². The number of rotatable bonds is 7. The van der Waals surface area contributed by atoms with Gasteiger partial charge in [0.25, 0.3) is 0 Å². The first-order valence-corrected chi connectivity index (χ1v) is 13.1. The van der Waals surface area contributed by atoms with Gasteiger partial charge in [-0.2, -0.15) is 4.31 Å². The molecule has 0 saturated carbocycles. The zero-order valence-electron chi connectivity index (χ0n) is 18.1. The van der Waals surface area contributed by atoms with Crippen molar-refractivity contribution in [2.45, 2.75) is 66.2 Å². The van der Waals surface area contributed by atoms with E-state index in [1.807, 2.05) is 32.6 Å². The van der Waals surface area contributed by atoms with Crippen LogP contribution in [0.25, 0.3) is 0 Å². The van der Waals surface area contributed by atoms with Crippen LogP contribution in [0.15, 0.2) is 0 Å². The Morgan fingerprint density at radius 3 is 1.93 bits per heavy atom. The van der Waals surface area contributed by atoms with E-state index in [1.54, 1.807) is 0 Å². The zero-order chi connectivity index (χ0) is 21.3. The highest BCUT2D eigenvalue weighted by molar-refractivity contribution is 7.91. The molecule has 0 bridgehead atoms. The first-order valence-electron chi connectivity index (χ1n) is 9.47. The molecule has 162 valence electrons. The summed E-state index contributed by atoms with van der Waals surface area (Å²) >= 11 is 0. The molecule has 1 saturated heterocycles. The predicted molar refractivity (Wildman–Crippen MR) is 110 cm³/mol. The van der Waals surface area contributed by atoms with Gasteiger partial charge in [-0.1, -0.05) is 20.8 Å². The molecule has 0 aromatic heterocycles. The van der Waals surface area contributed by atoms with Crippen LogP contribution in [-0.4, -0.2) is 87.7 Å². The summed E-state index contributed by atoms with van der Waals surface area (Å²) < 4.78 is 56.1. The fourth-order valence-electron chi connectivity index (χ4n) is 3.25. The third-order valence-electron chi connectivity index (χ3n) is 5.01.